The first-order chi connectivity index (χ1) is 15.5. The summed E-state index contributed by atoms with van der Waals surface area (Å²) in [5, 5.41) is 16.2. The molecular weight excluding hydrogens is 424 g/mol. The lowest BCUT2D eigenvalue weighted by Gasteiger charge is -2.34. The molecule has 32 heavy (non-hydrogen) atoms. The zero-order valence-electron chi connectivity index (χ0n) is 17.9. The predicted molar refractivity (Wildman–Crippen MR) is 130 cm³/mol. The van der Waals surface area contributed by atoms with Crippen LogP contribution >= 0.6 is 11.3 Å². The maximum absolute atomic E-state index is 13.1. The molecule has 1 aliphatic carbocycles. The van der Waals surface area contributed by atoms with Gasteiger partial charge in [-0.05, 0) is 49.5 Å². The number of aromatic amines is 2. The van der Waals surface area contributed by atoms with Crippen molar-refractivity contribution in [2.45, 2.75) is 25.0 Å². The van der Waals surface area contributed by atoms with Gasteiger partial charge in [-0.2, -0.15) is 0 Å². The first-order valence-corrected chi connectivity index (χ1v) is 11.9. The van der Waals surface area contributed by atoms with Gasteiger partial charge in [0.1, 0.15) is 16.2 Å². The normalized spacial score (nSPS) is 21.9. The average molecular weight is 451 g/mol. The zero-order valence-corrected chi connectivity index (χ0v) is 18.7. The fourth-order valence-corrected chi connectivity index (χ4v) is 5.47. The summed E-state index contributed by atoms with van der Waals surface area (Å²) in [4.78, 5) is 29.9. The van der Waals surface area contributed by atoms with Crippen molar-refractivity contribution < 1.29 is 5.11 Å². The number of aliphatic hydroxyl groups is 1. The molecule has 3 aromatic heterocycles. The van der Waals surface area contributed by atoms with Crippen molar-refractivity contribution in [2.75, 3.05) is 43.4 Å². The van der Waals surface area contributed by atoms with E-state index in [2.05, 4.69) is 44.3 Å². The molecule has 2 fully saturated rings. The third-order valence-electron chi connectivity index (χ3n) is 6.67. The number of nitrogens with one attached hydrogen (secondary N) is 3. The molecule has 0 spiro atoms. The molecule has 8 nitrogen and oxygen atoms in total. The van der Waals surface area contributed by atoms with Gasteiger partial charge < -0.3 is 30.2 Å². The average Bonchev–Trinajstić information content (AvgIpc) is 3.39. The van der Waals surface area contributed by atoms with E-state index < -0.39 is 0 Å². The Morgan fingerprint density at radius 1 is 1.16 bits per heavy atom. The Balaban J connectivity index is 1.42. The molecule has 1 aliphatic heterocycles. The van der Waals surface area contributed by atoms with Crippen molar-refractivity contribution in [1.29, 1.82) is 0 Å². The molecule has 0 bridgehead atoms. The van der Waals surface area contributed by atoms with E-state index in [1.54, 1.807) is 0 Å². The molecule has 6 rings (SSSR count). The van der Waals surface area contributed by atoms with Gasteiger partial charge in [0.2, 0.25) is 0 Å². The van der Waals surface area contributed by atoms with Crippen LogP contribution in [0.1, 0.15) is 12.8 Å². The lowest BCUT2D eigenvalue weighted by Crippen LogP contribution is -2.44. The summed E-state index contributed by atoms with van der Waals surface area (Å²) in [5.74, 6) is 0.562. The number of rotatable bonds is 4. The molecule has 0 unspecified atom stereocenters. The largest absolute Gasteiger partial charge is 0.393 e. The van der Waals surface area contributed by atoms with Crippen LogP contribution in [0.25, 0.3) is 32.6 Å². The number of pyridine rings is 1. The minimum Gasteiger partial charge on any atom is -0.393 e. The molecule has 0 radical (unpaired) electrons. The Labute approximate surface area is 188 Å². The number of H-pyrrole nitrogens is 2. The van der Waals surface area contributed by atoms with E-state index in [0.717, 1.165) is 53.1 Å². The highest BCUT2D eigenvalue weighted by atomic mass is 32.1. The molecule has 2 aliphatic rings. The molecule has 1 saturated heterocycles. The number of hydrogen-bond donors (Lipinski definition) is 4. The monoisotopic (exact) mass is 450 g/mol. The summed E-state index contributed by atoms with van der Waals surface area (Å²) in [5.41, 5.74) is 4.08. The summed E-state index contributed by atoms with van der Waals surface area (Å²) < 4.78 is 0. The second kappa shape index (κ2) is 7.61. The Morgan fingerprint density at radius 2 is 1.97 bits per heavy atom. The molecule has 4 heterocycles. The predicted octanol–water partition coefficient (Wildman–Crippen LogP) is 2.82. The number of anilines is 2. The lowest BCUT2D eigenvalue weighted by atomic mass is 9.89. The minimum atomic E-state index is -0.268. The van der Waals surface area contributed by atoms with Gasteiger partial charge in [-0.25, -0.2) is 4.98 Å². The van der Waals surface area contributed by atoms with Crippen LogP contribution < -0.4 is 15.8 Å². The second-order valence-corrected chi connectivity index (χ2v) is 9.83. The maximum Gasteiger partial charge on any atom is 0.262 e. The highest BCUT2D eigenvalue weighted by Gasteiger charge is 2.29. The van der Waals surface area contributed by atoms with Crippen LogP contribution in [0.15, 0.2) is 34.4 Å². The minimum absolute atomic E-state index is 0.155. The van der Waals surface area contributed by atoms with E-state index in [4.69, 9.17) is 4.98 Å². The number of benzene rings is 1. The maximum atomic E-state index is 13.1. The fourth-order valence-electron chi connectivity index (χ4n) is 4.68. The summed E-state index contributed by atoms with van der Waals surface area (Å²) >= 11 is 1.51. The van der Waals surface area contributed by atoms with Crippen LogP contribution in [0.2, 0.25) is 0 Å². The molecule has 9 heteroatoms. The number of imidazole rings is 1. The Hall–Kier alpha value is -2.88. The third-order valence-corrected chi connectivity index (χ3v) is 7.50. The van der Waals surface area contributed by atoms with Crippen LogP contribution in [-0.4, -0.2) is 70.3 Å². The third kappa shape index (κ3) is 3.37. The van der Waals surface area contributed by atoms with E-state index in [-0.39, 0.29) is 17.7 Å². The van der Waals surface area contributed by atoms with Crippen molar-refractivity contribution >= 4 is 44.0 Å². The summed E-state index contributed by atoms with van der Waals surface area (Å²) in [7, 11) is 2.15. The Bertz CT molecular complexity index is 1340. The molecular formula is C23H26N6O2S. The summed E-state index contributed by atoms with van der Waals surface area (Å²) in [6.07, 6.45) is 1.11. The fraction of sp³-hybridized carbons (Fsp3) is 0.391. The first-order valence-electron chi connectivity index (χ1n) is 11.1. The van der Waals surface area contributed by atoms with E-state index in [9.17, 15) is 9.90 Å². The van der Waals surface area contributed by atoms with Gasteiger partial charge in [0.25, 0.3) is 5.56 Å². The molecule has 4 N–H and O–H groups in total. The number of aliphatic hydroxyl groups excluding tert-OH is 1. The number of likely N-dealkylation sites (N-methyl/N-ethyl adjacent to an activating group) is 1. The molecule has 1 saturated carbocycles. The van der Waals surface area contributed by atoms with Crippen molar-refractivity contribution in [3.63, 3.8) is 0 Å². The van der Waals surface area contributed by atoms with Crippen LogP contribution in [0.3, 0.4) is 0 Å². The number of piperazine rings is 1. The van der Waals surface area contributed by atoms with Crippen molar-refractivity contribution in [2.24, 2.45) is 0 Å². The smallest absolute Gasteiger partial charge is 0.262 e. The summed E-state index contributed by atoms with van der Waals surface area (Å²) in [6.45, 7) is 4.10. The quantitative estimate of drug-likeness (QED) is 0.382. The van der Waals surface area contributed by atoms with Crippen molar-refractivity contribution in [3.05, 3.63) is 40.0 Å². The number of aromatic nitrogens is 3. The van der Waals surface area contributed by atoms with E-state index in [0.29, 0.717) is 24.2 Å². The van der Waals surface area contributed by atoms with E-state index >= 15 is 0 Å². The number of fused-ring (bicyclic) bond motifs is 2. The summed E-state index contributed by atoms with van der Waals surface area (Å²) in [6, 6.07) is 8.44. The standard InChI is InChI=1S/C23H26N6O2S/c1-28-5-7-29(8-6-28)14-2-3-17-18(12-14)26-21(25-17)19-20(24-13-10-15(30)11-13)16-4-9-32-23(16)27-22(19)31/h2-4,9,12-13,15,30H,5-8,10-11H2,1H3,(H,25,26)(H2,24,27,31). The Kier molecular flexibility index (Phi) is 4.71. The second-order valence-electron chi connectivity index (χ2n) is 8.91. The van der Waals surface area contributed by atoms with E-state index in [1.807, 2.05) is 17.5 Å². The van der Waals surface area contributed by atoms with Gasteiger partial charge in [-0.3, -0.25) is 4.79 Å². The van der Waals surface area contributed by atoms with Gasteiger partial charge in [0.05, 0.1) is 22.8 Å². The number of nitrogens with zero attached hydrogens (tertiary/aromatic N) is 3. The van der Waals surface area contributed by atoms with Crippen LogP contribution in [0, 0.1) is 0 Å². The molecule has 0 amide bonds. The van der Waals surface area contributed by atoms with Gasteiger partial charge >= 0.3 is 0 Å². The van der Waals surface area contributed by atoms with Crippen LogP contribution in [0.5, 0.6) is 0 Å². The van der Waals surface area contributed by atoms with Crippen molar-refractivity contribution in [1.82, 2.24) is 19.9 Å². The van der Waals surface area contributed by atoms with Crippen LogP contribution in [-0.2, 0) is 0 Å². The van der Waals surface area contributed by atoms with E-state index in [1.165, 1.54) is 17.0 Å². The molecule has 0 atom stereocenters. The Morgan fingerprint density at radius 3 is 2.75 bits per heavy atom. The zero-order chi connectivity index (χ0) is 21.8. The van der Waals surface area contributed by atoms with Gasteiger partial charge in [0.15, 0.2) is 0 Å². The van der Waals surface area contributed by atoms with Gasteiger partial charge in [0, 0.05) is 43.3 Å². The molecule has 4 aromatic rings. The van der Waals surface area contributed by atoms with Gasteiger partial charge in [-0.1, -0.05) is 0 Å². The lowest BCUT2D eigenvalue weighted by molar-refractivity contribution is 0.0837. The molecule has 166 valence electrons. The highest BCUT2D eigenvalue weighted by molar-refractivity contribution is 7.16. The first kappa shape index (κ1) is 19.8. The van der Waals surface area contributed by atoms with Crippen molar-refractivity contribution in [3.8, 4) is 11.4 Å². The number of hydrogen-bond acceptors (Lipinski definition) is 7. The number of thiophene rings is 1. The van der Waals surface area contributed by atoms with Gasteiger partial charge in [-0.15, -0.1) is 11.3 Å². The van der Waals surface area contributed by atoms with Crippen LogP contribution in [0.4, 0.5) is 11.4 Å². The molecule has 1 aromatic carbocycles. The topological polar surface area (TPSA) is 100 Å². The highest BCUT2D eigenvalue weighted by Crippen LogP contribution is 2.36. The SMILES string of the molecule is CN1CCN(c2ccc3nc(-c4c(NC5CC(O)C5)c5ccsc5[nH]c4=O)[nH]c3c2)CC1.